The molecule has 0 fully saturated rings. The molecule has 0 aliphatic rings. The molecule has 0 radical (unpaired) electrons. The fourth-order valence-electron chi connectivity index (χ4n) is 2.15. The molecule has 0 bridgehead atoms. The standard InChI is InChI=1S/C16H16O2/c1-11-6-12(2)8-14(7-11)16-9-15(18-3)5-4-13(16)10-17/h4-10H,1-3H3. The first kappa shape index (κ1) is 12.4. The molecule has 0 unspecified atom stereocenters. The van der Waals surface area contributed by atoms with Crippen molar-refractivity contribution in [2.75, 3.05) is 7.11 Å². The lowest BCUT2D eigenvalue weighted by Gasteiger charge is -2.10. The van der Waals surface area contributed by atoms with Crippen LogP contribution >= 0.6 is 0 Å². The van der Waals surface area contributed by atoms with Crippen LogP contribution in [-0.2, 0) is 0 Å². The van der Waals surface area contributed by atoms with Crippen molar-refractivity contribution in [3.63, 3.8) is 0 Å². The maximum atomic E-state index is 11.1. The number of aldehydes is 1. The summed E-state index contributed by atoms with van der Waals surface area (Å²) in [6.07, 6.45) is 0.881. The summed E-state index contributed by atoms with van der Waals surface area (Å²) in [5.74, 6) is 0.759. The summed E-state index contributed by atoms with van der Waals surface area (Å²) >= 11 is 0. The van der Waals surface area contributed by atoms with Crippen LogP contribution in [-0.4, -0.2) is 13.4 Å². The van der Waals surface area contributed by atoms with Gasteiger partial charge in [-0.1, -0.05) is 29.3 Å². The van der Waals surface area contributed by atoms with E-state index in [4.69, 9.17) is 4.74 Å². The molecule has 2 nitrogen and oxygen atoms in total. The topological polar surface area (TPSA) is 26.3 Å². The average Bonchev–Trinajstić information content (AvgIpc) is 2.36. The van der Waals surface area contributed by atoms with Crippen LogP contribution in [0.25, 0.3) is 11.1 Å². The van der Waals surface area contributed by atoms with Gasteiger partial charge in [0.05, 0.1) is 7.11 Å². The van der Waals surface area contributed by atoms with Gasteiger partial charge in [0.15, 0.2) is 6.29 Å². The van der Waals surface area contributed by atoms with Gasteiger partial charge in [0, 0.05) is 5.56 Å². The zero-order chi connectivity index (χ0) is 13.1. The predicted molar refractivity (Wildman–Crippen MR) is 73.3 cm³/mol. The number of hydrogen-bond acceptors (Lipinski definition) is 2. The quantitative estimate of drug-likeness (QED) is 0.763. The molecule has 2 heteroatoms. The number of carbonyl (C=O) groups is 1. The number of hydrogen-bond donors (Lipinski definition) is 0. The van der Waals surface area contributed by atoms with E-state index in [0.29, 0.717) is 5.56 Å². The van der Waals surface area contributed by atoms with Crippen molar-refractivity contribution in [2.45, 2.75) is 13.8 Å². The molecule has 0 heterocycles. The van der Waals surface area contributed by atoms with Gasteiger partial charge in [-0.3, -0.25) is 4.79 Å². The number of carbonyl (C=O) groups excluding carboxylic acids is 1. The molecular formula is C16H16O2. The molecule has 0 aliphatic carbocycles. The van der Waals surface area contributed by atoms with E-state index in [1.807, 2.05) is 6.07 Å². The van der Waals surface area contributed by atoms with E-state index < -0.39 is 0 Å². The third-order valence-electron chi connectivity index (χ3n) is 2.92. The molecule has 0 atom stereocenters. The molecule has 92 valence electrons. The normalized spacial score (nSPS) is 10.2. The highest BCUT2D eigenvalue weighted by Crippen LogP contribution is 2.28. The molecule has 0 spiro atoms. The van der Waals surface area contributed by atoms with Crippen molar-refractivity contribution < 1.29 is 9.53 Å². The molecule has 0 N–H and O–H groups in total. The maximum absolute atomic E-state index is 11.1. The molecule has 2 rings (SSSR count). The summed E-state index contributed by atoms with van der Waals surface area (Å²) < 4.78 is 5.22. The van der Waals surface area contributed by atoms with Crippen LogP contribution in [0.1, 0.15) is 21.5 Å². The minimum Gasteiger partial charge on any atom is -0.497 e. The molecule has 0 aliphatic heterocycles. The minimum absolute atomic E-state index is 0.681. The summed E-state index contributed by atoms with van der Waals surface area (Å²) in [5.41, 5.74) is 5.01. The Bertz CT molecular complexity index is 565. The van der Waals surface area contributed by atoms with Gasteiger partial charge in [-0.2, -0.15) is 0 Å². The van der Waals surface area contributed by atoms with Gasteiger partial charge in [0.2, 0.25) is 0 Å². The monoisotopic (exact) mass is 240 g/mol. The van der Waals surface area contributed by atoms with E-state index >= 15 is 0 Å². The molecule has 18 heavy (non-hydrogen) atoms. The first-order valence-electron chi connectivity index (χ1n) is 5.86. The maximum Gasteiger partial charge on any atom is 0.150 e. The number of ether oxygens (including phenoxy) is 1. The van der Waals surface area contributed by atoms with Gasteiger partial charge in [-0.25, -0.2) is 0 Å². The van der Waals surface area contributed by atoms with Gasteiger partial charge >= 0.3 is 0 Å². The summed E-state index contributed by atoms with van der Waals surface area (Å²) in [7, 11) is 1.63. The lowest BCUT2D eigenvalue weighted by molar-refractivity contribution is 0.112. The molecule has 0 saturated heterocycles. The second kappa shape index (κ2) is 5.05. The van der Waals surface area contributed by atoms with Gasteiger partial charge in [-0.15, -0.1) is 0 Å². The fraction of sp³-hybridized carbons (Fsp3) is 0.188. The zero-order valence-corrected chi connectivity index (χ0v) is 10.9. The average molecular weight is 240 g/mol. The Morgan fingerprint density at radius 3 is 2.22 bits per heavy atom. The summed E-state index contributed by atoms with van der Waals surface area (Å²) in [5, 5.41) is 0. The lowest BCUT2D eigenvalue weighted by atomic mass is 9.97. The van der Waals surface area contributed by atoms with Gasteiger partial charge in [0.25, 0.3) is 0 Å². The highest BCUT2D eigenvalue weighted by Gasteiger charge is 2.07. The zero-order valence-electron chi connectivity index (χ0n) is 10.9. The Kier molecular flexibility index (Phi) is 3.47. The van der Waals surface area contributed by atoms with Crippen LogP contribution in [0, 0.1) is 13.8 Å². The molecule has 0 aromatic heterocycles. The van der Waals surface area contributed by atoms with E-state index in [1.54, 1.807) is 19.2 Å². The highest BCUT2D eigenvalue weighted by atomic mass is 16.5. The summed E-state index contributed by atoms with van der Waals surface area (Å²) in [4.78, 5) is 11.1. The largest absolute Gasteiger partial charge is 0.497 e. The minimum atomic E-state index is 0.681. The van der Waals surface area contributed by atoms with E-state index in [9.17, 15) is 4.79 Å². The van der Waals surface area contributed by atoms with Crippen molar-refractivity contribution in [2.24, 2.45) is 0 Å². The van der Waals surface area contributed by atoms with E-state index in [0.717, 1.165) is 23.2 Å². The smallest absolute Gasteiger partial charge is 0.150 e. The molecular weight excluding hydrogens is 224 g/mol. The fourth-order valence-corrected chi connectivity index (χ4v) is 2.15. The van der Waals surface area contributed by atoms with Crippen LogP contribution in [0.15, 0.2) is 36.4 Å². The first-order chi connectivity index (χ1) is 8.63. The molecule has 2 aromatic carbocycles. The highest BCUT2D eigenvalue weighted by molar-refractivity contribution is 5.88. The summed E-state index contributed by atoms with van der Waals surface area (Å²) in [6, 6.07) is 11.8. The first-order valence-corrected chi connectivity index (χ1v) is 5.86. The Balaban J connectivity index is 2.64. The van der Waals surface area contributed by atoms with Crippen molar-refractivity contribution in [1.82, 2.24) is 0 Å². The number of rotatable bonds is 3. The van der Waals surface area contributed by atoms with Crippen LogP contribution in [0.2, 0.25) is 0 Å². The van der Waals surface area contributed by atoms with E-state index in [-0.39, 0.29) is 0 Å². The van der Waals surface area contributed by atoms with Crippen molar-refractivity contribution in [3.05, 3.63) is 53.1 Å². The SMILES string of the molecule is COc1ccc(C=O)c(-c2cc(C)cc(C)c2)c1. The number of benzene rings is 2. The van der Waals surface area contributed by atoms with Gasteiger partial charge in [0.1, 0.15) is 5.75 Å². The van der Waals surface area contributed by atoms with E-state index in [1.165, 1.54) is 11.1 Å². The van der Waals surface area contributed by atoms with Crippen molar-refractivity contribution >= 4 is 6.29 Å². The summed E-state index contributed by atoms with van der Waals surface area (Å²) in [6.45, 7) is 4.11. The van der Waals surface area contributed by atoms with Gasteiger partial charge < -0.3 is 4.74 Å². The Morgan fingerprint density at radius 1 is 1.00 bits per heavy atom. The van der Waals surface area contributed by atoms with Crippen LogP contribution in [0.4, 0.5) is 0 Å². The second-order valence-electron chi connectivity index (χ2n) is 4.45. The molecule has 0 saturated carbocycles. The van der Waals surface area contributed by atoms with Gasteiger partial charge in [-0.05, 0) is 43.2 Å². The van der Waals surface area contributed by atoms with Crippen molar-refractivity contribution in [3.8, 4) is 16.9 Å². The Labute approximate surface area is 107 Å². The van der Waals surface area contributed by atoms with Crippen LogP contribution in [0.5, 0.6) is 5.75 Å². The molecule has 0 amide bonds. The van der Waals surface area contributed by atoms with E-state index in [2.05, 4.69) is 32.0 Å². The van der Waals surface area contributed by atoms with Crippen molar-refractivity contribution in [1.29, 1.82) is 0 Å². The number of methoxy groups -OCH3 is 1. The lowest BCUT2D eigenvalue weighted by Crippen LogP contribution is -1.91. The number of aryl methyl sites for hydroxylation is 2. The van der Waals surface area contributed by atoms with Crippen LogP contribution < -0.4 is 4.74 Å². The Morgan fingerprint density at radius 2 is 1.67 bits per heavy atom. The predicted octanol–water partition coefficient (Wildman–Crippen LogP) is 3.79. The third-order valence-corrected chi connectivity index (χ3v) is 2.92. The Hall–Kier alpha value is -2.09. The second-order valence-corrected chi connectivity index (χ2v) is 4.45. The third kappa shape index (κ3) is 2.43. The van der Waals surface area contributed by atoms with Crippen LogP contribution in [0.3, 0.4) is 0 Å². The molecule has 2 aromatic rings.